The third kappa shape index (κ3) is 3.31. The molecule has 0 aliphatic rings. The van der Waals surface area contributed by atoms with Crippen molar-refractivity contribution in [3.63, 3.8) is 0 Å². The molecule has 0 spiro atoms. The van der Waals surface area contributed by atoms with Gasteiger partial charge in [-0.05, 0) is 0 Å². The van der Waals surface area contributed by atoms with Gasteiger partial charge in [0.2, 0.25) is 5.91 Å². The average Bonchev–Trinajstić information content (AvgIpc) is 2.87. The topological polar surface area (TPSA) is 62.0 Å². The van der Waals surface area contributed by atoms with Gasteiger partial charge in [0.25, 0.3) is 0 Å². The fourth-order valence-corrected chi connectivity index (χ4v) is 3.15. The van der Waals surface area contributed by atoms with Crippen LogP contribution in [0, 0.1) is 0 Å². The minimum Gasteiger partial charge on any atom is -0.493 e. The number of rotatable bonds is 6. The first-order valence-electron chi connectivity index (χ1n) is 6.96. The fraction of sp³-hybridized carbons (Fsp3) is 0.467. The van der Waals surface area contributed by atoms with E-state index in [9.17, 15) is 4.79 Å². The molecule has 2 aromatic rings. The van der Waals surface area contributed by atoms with Gasteiger partial charge in [0.05, 0.1) is 31.0 Å². The van der Waals surface area contributed by atoms with Crippen LogP contribution in [0.1, 0.15) is 13.3 Å². The Morgan fingerprint density at radius 2 is 1.91 bits per heavy atom. The number of methoxy groups -OCH3 is 3. The average molecular weight is 324 g/mol. The van der Waals surface area contributed by atoms with Gasteiger partial charge in [-0.3, -0.25) is 4.79 Å². The van der Waals surface area contributed by atoms with E-state index < -0.39 is 0 Å². The highest BCUT2D eigenvalue weighted by Crippen LogP contribution is 2.33. The van der Waals surface area contributed by atoms with E-state index in [1.807, 2.05) is 16.7 Å². The number of hydrogen-bond acceptors (Lipinski definition) is 5. The van der Waals surface area contributed by atoms with Crippen molar-refractivity contribution in [2.24, 2.45) is 4.99 Å². The molecule has 0 radical (unpaired) electrons. The molecule has 0 aliphatic carbocycles. The number of benzene rings is 1. The zero-order chi connectivity index (χ0) is 16.1. The molecule has 1 aromatic heterocycles. The lowest BCUT2D eigenvalue weighted by Crippen LogP contribution is -2.19. The molecule has 0 N–H and O–H groups in total. The largest absolute Gasteiger partial charge is 0.493 e. The van der Waals surface area contributed by atoms with E-state index >= 15 is 0 Å². The highest BCUT2D eigenvalue weighted by molar-refractivity contribution is 7.16. The second-order valence-electron chi connectivity index (χ2n) is 4.56. The van der Waals surface area contributed by atoms with Crippen LogP contribution in [0.2, 0.25) is 0 Å². The summed E-state index contributed by atoms with van der Waals surface area (Å²) in [5, 5.41) is 0. The molecule has 1 heterocycles. The van der Waals surface area contributed by atoms with E-state index in [4.69, 9.17) is 14.2 Å². The Hall–Kier alpha value is -1.86. The molecule has 0 fully saturated rings. The monoisotopic (exact) mass is 324 g/mol. The lowest BCUT2D eigenvalue weighted by molar-refractivity contribution is -0.117. The van der Waals surface area contributed by atoms with Gasteiger partial charge < -0.3 is 18.8 Å². The maximum atomic E-state index is 11.7. The third-order valence-electron chi connectivity index (χ3n) is 3.23. The standard InChI is InChI=1S/C15H20N2O4S/c1-5-14(18)16-15-17(6-7-19-2)10-8-11(20-3)12(21-4)9-13(10)22-15/h8-9H,5-7H2,1-4H3. The Morgan fingerprint density at radius 3 is 2.50 bits per heavy atom. The SMILES string of the molecule is CCC(=O)N=c1sc2cc(OC)c(OC)cc2n1CCOC. The molecule has 2 rings (SSSR count). The van der Waals surface area contributed by atoms with E-state index in [0.29, 0.717) is 35.9 Å². The van der Waals surface area contributed by atoms with Crippen molar-refractivity contribution >= 4 is 27.5 Å². The summed E-state index contributed by atoms with van der Waals surface area (Å²) in [6, 6.07) is 3.80. The summed E-state index contributed by atoms with van der Waals surface area (Å²) in [4.78, 5) is 16.5. The molecule has 120 valence electrons. The van der Waals surface area contributed by atoms with Crippen LogP contribution in [0.4, 0.5) is 0 Å². The van der Waals surface area contributed by atoms with E-state index in [1.54, 1.807) is 28.3 Å². The van der Waals surface area contributed by atoms with Crippen LogP contribution in [0.15, 0.2) is 17.1 Å². The number of carbonyl (C=O) groups excluding carboxylic acids is 1. The summed E-state index contributed by atoms with van der Waals surface area (Å²) < 4.78 is 18.8. The summed E-state index contributed by atoms with van der Waals surface area (Å²) in [6.07, 6.45) is 0.380. The molecular formula is C15H20N2O4S. The second-order valence-corrected chi connectivity index (χ2v) is 5.57. The summed E-state index contributed by atoms with van der Waals surface area (Å²) >= 11 is 1.45. The lowest BCUT2D eigenvalue weighted by Gasteiger charge is -2.09. The summed E-state index contributed by atoms with van der Waals surface area (Å²) in [5.41, 5.74) is 0.947. The molecule has 0 saturated heterocycles. The quantitative estimate of drug-likeness (QED) is 0.817. The Labute approximate surface area is 133 Å². The van der Waals surface area contributed by atoms with Crippen LogP contribution in [0.3, 0.4) is 0 Å². The lowest BCUT2D eigenvalue weighted by atomic mass is 10.3. The molecule has 0 bridgehead atoms. The van der Waals surface area contributed by atoms with Crippen molar-refractivity contribution in [3.8, 4) is 11.5 Å². The first-order chi connectivity index (χ1) is 10.6. The number of ether oxygens (including phenoxy) is 3. The minimum atomic E-state index is -0.142. The normalized spacial score (nSPS) is 11.9. The van der Waals surface area contributed by atoms with Crippen molar-refractivity contribution in [1.82, 2.24) is 4.57 Å². The van der Waals surface area contributed by atoms with E-state index in [-0.39, 0.29) is 5.91 Å². The summed E-state index contributed by atoms with van der Waals surface area (Å²) in [7, 11) is 4.84. The van der Waals surface area contributed by atoms with Gasteiger partial charge in [0.1, 0.15) is 0 Å². The van der Waals surface area contributed by atoms with Gasteiger partial charge in [-0.2, -0.15) is 4.99 Å². The van der Waals surface area contributed by atoms with Crippen LogP contribution < -0.4 is 14.3 Å². The van der Waals surface area contributed by atoms with E-state index in [1.165, 1.54) is 11.3 Å². The van der Waals surface area contributed by atoms with E-state index in [0.717, 1.165) is 10.2 Å². The van der Waals surface area contributed by atoms with Crippen LogP contribution in [0.25, 0.3) is 10.2 Å². The molecule has 0 unspecified atom stereocenters. The predicted octanol–water partition coefficient (Wildman–Crippen LogP) is 2.20. The Kier molecular flexibility index (Phi) is 5.57. The first kappa shape index (κ1) is 16.5. The Morgan fingerprint density at radius 1 is 1.23 bits per heavy atom. The van der Waals surface area contributed by atoms with Crippen molar-refractivity contribution in [2.45, 2.75) is 19.9 Å². The number of amides is 1. The van der Waals surface area contributed by atoms with Crippen molar-refractivity contribution in [3.05, 3.63) is 16.9 Å². The zero-order valence-electron chi connectivity index (χ0n) is 13.2. The maximum absolute atomic E-state index is 11.7. The highest BCUT2D eigenvalue weighted by Gasteiger charge is 2.13. The number of aromatic nitrogens is 1. The van der Waals surface area contributed by atoms with Crippen molar-refractivity contribution in [2.75, 3.05) is 27.9 Å². The van der Waals surface area contributed by atoms with Gasteiger partial charge >= 0.3 is 0 Å². The molecule has 7 heteroatoms. The molecule has 0 saturated carbocycles. The van der Waals surface area contributed by atoms with Crippen molar-refractivity contribution in [1.29, 1.82) is 0 Å². The fourth-order valence-electron chi connectivity index (χ4n) is 2.07. The second kappa shape index (κ2) is 7.42. The zero-order valence-corrected chi connectivity index (χ0v) is 14.0. The molecule has 0 aliphatic heterocycles. The summed E-state index contributed by atoms with van der Waals surface area (Å²) in [6.45, 7) is 2.94. The number of nitrogens with zero attached hydrogens (tertiary/aromatic N) is 2. The van der Waals surface area contributed by atoms with Crippen LogP contribution >= 0.6 is 11.3 Å². The van der Waals surface area contributed by atoms with Gasteiger partial charge in [-0.25, -0.2) is 0 Å². The van der Waals surface area contributed by atoms with Gasteiger partial charge in [0, 0.05) is 32.2 Å². The summed E-state index contributed by atoms with van der Waals surface area (Å²) in [5.74, 6) is 1.16. The van der Waals surface area contributed by atoms with Gasteiger partial charge in [0.15, 0.2) is 16.3 Å². The molecule has 0 atom stereocenters. The van der Waals surface area contributed by atoms with Crippen LogP contribution in [0.5, 0.6) is 11.5 Å². The number of thiazole rings is 1. The molecule has 1 aromatic carbocycles. The number of fused-ring (bicyclic) bond motifs is 1. The minimum absolute atomic E-state index is 0.142. The smallest absolute Gasteiger partial charge is 0.248 e. The van der Waals surface area contributed by atoms with E-state index in [2.05, 4.69) is 4.99 Å². The first-order valence-corrected chi connectivity index (χ1v) is 7.78. The van der Waals surface area contributed by atoms with Gasteiger partial charge in [-0.15, -0.1) is 0 Å². The third-order valence-corrected chi connectivity index (χ3v) is 4.27. The van der Waals surface area contributed by atoms with Crippen molar-refractivity contribution < 1.29 is 19.0 Å². The van der Waals surface area contributed by atoms with Crippen LogP contribution in [-0.2, 0) is 16.1 Å². The molecule has 22 heavy (non-hydrogen) atoms. The maximum Gasteiger partial charge on any atom is 0.248 e. The predicted molar refractivity (Wildman–Crippen MR) is 85.7 cm³/mol. The van der Waals surface area contributed by atoms with Crippen LogP contribution in [-0.4, -0.2) is 38.4 Å². The highest BCUT2D eigenvalue weighted by atomic mass is 32.1. The molecule has 6 nitrogen and oxygen atoms in total. The number of hydrogen-bond donors (Lipinski definition) is 0. The molecular weight excluding hydrogens is 304 g/mol. The Bertz CT molecular complexity index is 733. The Balaban J connectivity index is 2.68. The van der Waals surface area contributed by atoms with Gasteiger partial charge in [-0.1, -0.05) is 18.3 Å². The molecule has 1 amide bonds. The number of carbonyl (C=O) groups is 1.